The van der Waals surface area contributed by atoms with Crippen LogP contribution in [0.1, 0.15) is 27.3 Å². The number of carbonyl (C=O) groups excluding carboxylic acids is 1. The molecule has 0 unspecified atom stereocenters. The molecule has 1 aliphatic heterocycles. The van der Waals surface area contributed by atoms with Crippen LogP contribution >= 0.6 is 0 Å². The molecule has 27 heavy (non-hydrogen) atoms. The number of sulfonamides is 1. The van der Waals surface area contributed by atoms with E-state index in [-0.39, 0.29) is 4.90 Å². The minimum absolute atomic E-state index is 0.260. The molecule has 9 heteroatoms. The number of carbonyl (C=O) groups is 1. The smallest absolute Gasteiger partial charge is 0.337 e. The molecule has 1 fully saturated rings. The number of morpholine rings is 1. The zero-order chi connectivity index (χ0) is 19.6. The van der Waals surface area contributed by atoms with Gasteiger partial charge in [0.1, 0.15) is 4.90 Å². The van der Waals surface area contributed by atoms with Crippen molar-refractivity contribution in [3.63, 3.8) is 0 Å². The predicted molar refractivity (Wildman–Crippen MR) is 98.2 cm³/mol. The number of hydrogen-bond donors (Lipinski definition) is 0. The minimum Gasteiger partial charge on any atom is -0.465 e. The Morgan fingerprint density at radius 2 is 1.81 bits per heavy atom. The van der Waals surface area contributed by atoms with Crippen molar-refractivity contribution < 1.29 is 22.7 Å². The summed E-state index contributed by atoms with van der Waals surface area (Å²) >= 11 is 0. The summed E-state index contributed by atoms with van der Waals surface area (Å²) in [5.41, 5.74) is 2.44. The van der Waals surface area contributed by atoms with Gasteiger partial charge in [0.15, 0.2) is 0 Å². The summed E-state index contributed by atoms with van der Waals surface area (Å²) in [7, 11) is -2.27. The van der Waals surface area contributed by atoms with E-state index in [4.69, 9.17) is 9.47 Å². The molecule has 0 bridgehead atoms. The maximum atomic E-state index is 13.0. The fraction of sp³-hybridized carbons (Fsp3) is 0.444. The molecule has 0 saturated carbocycles. The number of benzene rings is 1. The Hall–Kier alpha value is -2.23. The highest BCUT2D eigenvalue weighted by Crippen LogP contribution is 2.25. The molecule has 146 valence electrons. The van der Waals surface area contributed by atoms with E-state index in [1.54, 1.807) is 42.8 Å². The van der Waals surface area contributed by atoms with E-state index in [2.05, 4.69) is 5.10 Å². The second kappa shape index (κ2) is 7.79. The first-order chi connectivity index (χ1) is 12.8. The Kier molecular flexibility index (Phi) is 5.64. The van der Waals surface area contributed by atoms with Crippen LogP contribution in [0, 0.1) is 13.8 Å². The lowest BCUT2D eigenvalue weighted by atomic mass is 10.1. The predicted octanol–water partition coefficient (Wildman–Crippen LogP) is 1.36. The Morgan fingerprint density at radius 3 is 2.41 bits per heavy atom. The van der Waals surface area contributed by atoms with Gasteiger partial charge in [-0.25, -0.2) is 13.2 Å². The Labute approximate surface area is 158 Å². The molecule has 2 aromatic rings. The van der Waals surface area contributed by atoms with Crippen molar-refractivity contribution in [2.24, 2.45) is 0 Å². The van der Waals surface area contributed by atoms with Crippen molar-refractivity contribution in [1.82, 2.24) is 14.1 Å². The lowest BCUT2D eigenvalue weighted by molar-refractivity contribution is 0.0600. The number of ether oxygens (including phenoxy) is 2. The third-order valence-electron chi connectivity index (χ3n) is 4.59. The second-order valence-corrected chi connectivity index (χ2v) is 8.24. The summed E-state index contributed by atoms with van der Waals surface area (Å²) in [5, 5.41) is 4.43. The maximum absolute atomic E-state index is 13.0. The van der Waals surface area contributed by atoms with Crippen LogP contribution in [0.5, 0.6) is 0 Å². The summed E-state index contributed by atoms with van der Waals surface area (Å²) < 4.78 is 39.1. The molecule has 1 aromatic heterocycles. The fourth-order valence-corrected chi connectivity index (χ4v) is 4.94. The molecule has 3 rings (SSSR count). The van der Waals surface area contributed by atoms with E-state index in [1.165, 1.54) is 11.4 Å². The largest absolute Gasteiger partial charge is 0.465 e. The number of rotatable bonds is 5. The molecule has 1 aromatic carbocycles. The number of hydrogen-bond acceptors (Lipinski definition) is 6. The standard InChI is InChI=1S/C18H23N3O5S/c1-13-17(27(23,24)20-8-10-26-11-9-20)14(2)21(19-13)12-15-4-6-16(7-5-15)18(22)25-3/h4-7H,8-12H2,1-3H3. The van der Waals surface area contributed by atoms with Gasteiger partial charge in [-0.1, -0.05) is 12.1 Å². The molecular weight excluding hydrogens is 370 g/mol. The normalized spacial score (nSPS) is 15.7. The lowest BCUT2D eigenvalue weighted by Gasteiger charge is -2.26. The zero-order valence-corrected chi connectivity index (χ0v) is 16.5. The lowest BCUT2D eigenvalue weighted by Crippen LogP contribution is -2.41. The van der Waals surface area contributed by atoms with Crippen molar-refractivity contribution in [2.45, 2.75) is 25.3 Å². The monoisotopic (exact) mass is 393 g/mol. The van der Waals surface area contributed by atoms with Crippen LogP contribution in [0.25, 0.3) is 0 Å². The first kappa shape index (κ1) is 19.5. The topological polar surface area (TPSA) is 90.7 Å². The number of esters is 1. The molecule has 0 N–H and O–H groups in total. The Bertz CT molecular complexity index is 929. The number of aromatic nitrogens is 2. The van der Waals surface area contributed by atoms with Gasteiger partial charge >= 0.3 is 5.97 Å². The minimum atomic E-state index is -3.61. The Morgan fingerprint density at radius 1 is 1.19 bits per heavy atom. The van der Waals surface area contributed by atoms with Crippen LogP contribution in [-0.2, 0) is 26.0 Å². The van der Waals surface area contributed by atoms with Gasteiger partial charge < -0.3 is 9.47 Å². The average Bonchev–Trinajstić information content (AvgIpc) is 2.96. The molecule has 8 nitrogen and oxygen atoms in total. The van der Waals surface area contributed by atoms with Gasteiger partial charge in [-0.2, -0.15) is 9.40 Å². The van der Waals surface area contributed by atoms with Crippen LogP contribution in [0.4, 0.5) is 0 Å². The Balaban J connectivity index is 1.86. The number of methoxy groups -OCH3 is 1. The van der Waals surface area contributed by atoms with E-state index in [0.717, 1.165) is 5.56 Å². The molecule has 0 amide bonds. The van der Waals surface area contributed by atoms with Crippen LogP contribution in [0.15, 0.2) is 29.2 Å². The van der Waals surface area contributed by atoms with E-state index in [1.807, 2.05) is 0 Å². The van der Waals surface area contributed by atoms with Gasteiger partial charge in [0.2, 0.25) is 10.0 Å². The average molecular weight is 393 g/mol. The summed E-state index contributed by atoms with van der Waals surface area (Å²) in [6.07, 6.45) is 0. The number of aryl methyl sites for hydroxylation is 1. The van der Waals surface area contributed by atoms with Crippen LogP contribution in [-0.4, -0.2) is 61.9 Å². The first-order valence-corrected chi connectivity index (χ1v) is 10.1. The third-order valence-corrected chi connectivity index (χ3v) is 6.74. The second-order valence-electron chi connectivity index (χ2n) is 6.36. The third kappa shape index (κ3) is 3.90. The van der Waals surface area contributed by atoms with Gasteiger partial charge in [-0.05, 0) is 31.5 Å². The summed E-state index contributed by atoms with van der Waals surface area (Å²) in [6.45, 7) is 5.37. The van der Waals surface area contributed by atoms with E-state index < -0.39 is 16.0 Å². The quantitative estimate of drug-likeness (QED) is 0.713. The molecule has 0 aliphatic carbocycles. The molecule has 0 spiro atoms. The summed E-state index contributed by atoms with van der Waals surface area (Å²) in [5.74, 6) is -0.397. The van der Waals surface area contributed by atoms with Crippen LogP contribution in [0.3, 0.4) is 0 Å². The zero-order valence-electron chi connectivity index (χ0n) is 15.6. The van der Waals surface area contributed by atoms with Crippen molar-refractivity contribution in [3.05, 3.63) is 46.8 Å². The van der Waals surface area contributed by atoms with Gasteiger partial charge in [-0.3, -0.25) is 4.68 Å². The maximum Gasteiger partial charge on any atom is 0.337 e. The molecule has 0 atom stereocenters. The van der Waals surface area contributed by atoms with Gasteiger partial charge in [0, 0.05) is 13.1 Å². The molecule has 0 radical (unpaired) electrons. The molecule has 1 aliphatic rings. The SMILES string of the molecule is COC(=O)c1ccc(Cn2nc(C)c(S(=O)(=O)N3CCOCC3)c2C)cc1. The summed E-state index contributed by atoms with van der Waals surface area (Å²) in [4.78, 5) is 11.8. The highest BCUT2D eigenvalue weighted by atomic mass is 32.2. The van der Waals surface area contributed by atoms with E-state index in [9.17, 15) is 13.2 Å². The van der Waals surface area contributed by atoms with Gasteiger partial charge in [-0.15, -0.1) is 0 Å². The van der Waals surface area contributed by atoms with Crippen LogP contribution < -0.4 is 0 Å². The van der Waals surface area contributed by atoms with E-state index >= 15 is 0 Å². The van der Waals surface area contributed by atoms with Crippen LogP contribution in [0.2, 0.25) is 0 Å². The van der Waals surface area contributed by atoms with Crippen molar-refractivity contribution in [1.29, 1.82) is 0 Å². The fourth-order valence-electron chi connectivity index (χ4n) is 3.16. The van der Waals surface area contributed by atoms with E-state index in [0.29, 0.717) is 49.8 Å². The molecule has 2 heterocycles. The van der Waals surface area contributed by atoms with Crippen molar-refractivity contribution in [3.8, 4) is 0 Å². The molecular formula is C18H23N3O5S. The van der Waals surface area contributed by atoms with Gasteiger partial charge in [0.05, 0.1) is 43.8 Å². The highest BCUT2D eigenvalue weighted by molar-refractivity contribution is 7.89. The number of nitrogens with zero attached hydrogens (tertiary/aromatic N) is 3. The highest BCUT2D eigenvalue weighted by Gasteiger charge is 2.32. The van der Waals surface area contributed by atoms with Gasteiger partial charge in [0.25, 0.3) is 0 Å². The van der Waals surface area contributed by atoms with Crippen molar-refractivity contribution in [2.75, 3.05) is 33.4 Å². The van der Waals surface area contributed by atoms with Crippen molar-refractivity contribution >= 4 is 16.0 Å². The first-order valence-electron chi connectivity index (χ1n) is 8.63. The summed E-state index contributed by atoms with van der Waals surface area (Å²) in [6, 6.07) is 6.97. The molecule has 1 saturated heterocycles.